The fourth-order valence-corrected chi connectivity index (χ4v) is 6.78. The van der Waals surface area contributed by atoms with Crippen LogP contribution in [0.25, 0.3) is 11.3 Å². The number of rotatable bonds is 8. The maximum absolute atomic E-state index is 12.3. The van der Waals surface area contributed by atoms with E-state index in [1.54, 1.807) is 18.5 Å². The number of ether oxygens (including phenoxy) is 2. The van der Waals surface area contributed by atoms with E-state index in [1.807, 2.05) is 25.1 Å². The second kappa shape index (κ2) is 13.1. The molecule has 11 heteroatoms. The van der Waals surface area contributed by atoms with Gasteiger partial charge in [-0.25, -0.2) is 15.0 Å². The highest BCUT2D eigenvalue weighted by molar-refractivity contribution is 6.35. The van der Waals surface area contributed by atoms with Crippen molar-refractivity contribution >= 4 is 35.1 Å². The van der Waals surface area contributed by atoms with Crippen molar-refractivity contribution < 1.29 is 14.3 Å². The molecule has 0 bridgehead atoms. The number of aromatic nitrogens is 3. The van der Waals surface area contributed by atoms with Gasteiger partial charge in [0, 0.05) is 47.9 Å². The molecule has 4 heterocycles. The molecule has 2 saturated heterocycles. The average molecular weight is 612 g/mol. The second-order valence-corrected chi connectivity index (χ2v) is 12.1. The van der Waals surface area contributed by atoms with Crippen LogP contribution in [0.2, 0.25) is 10.0 Å². The van der Waals surface area contributed by atoms with E-state index in [0.717, 1.165) is 81.9 Å². The number of esters is 1. The van der Waals surface area contributed by atoms with Gasteiger partial charge in [-0.3, -0.25) is 9.69 Å². The number of hydrogen-bond donors (Lipinski definition) is 1. The molecule has 1 unspecified atom stereocenters. The summed E-state index contributed by atoms with van der Waals surface area (Å²) in [6.07, 6.45) is 6.45. The summed E-state index contributed by atoms with van der Waals surface area (Å²) < 4.78 is 11.5. The second-order valence-electron chi connectivity index (χ2n) is 11.2. The monoisotopic (exact) mass is 610 g/mol. The summed E-state index contributed by atoms with van der Waals surface area (Å²) in [7, 11) is 0. The lowest BCUT2D eigenvalue weighted by atomic mass is 10.1. The van der Waals surface area contributed by atoms with Gasteiger partial charge in [-0.05, 0) is 87.5 Å². The van der Waals surface area contributed by atoms with Crippen LogP contribution in [-0.4, -0.2) is 71.7 Å². The zero-order chi connectivity index (χ0) is 29.1. The minimum atomic E-state index is -0.0258. The number of carbonyl (C=O) groups excluding carboxylic acids is 1. The Bertz CT molecular complexity index is 1370. The van der Waals surface area contributed by atoms with Gasteiger partial charge in [0.1, 0.15) is 0 Å². The number of nitrogens with zero attached hydrogens (tertiary/aromatic N) is 5. The van der Waals surface area contributed by atoms with E-state index in [2.05, 4.69) is 31.2 Å². The van der Waals surface area contributed by atoms with Crippen molar-refractivity contribution in [2.45, 2.75) is 32.7 Å². The highest BCUT2D eigenvalue weighted by Gasteiger charge is 2.55. The Morgan fingerprint density at radius 2 is 1.71 bits per heavy atom. The highest BCUT2D eigenvalue weighted by atomic mass is 35.5. The summed E-state index contributed by atoms with van der Waals surface area (Å²) in [5.41, 5.74) is 2.61. The number of nitrogens with one attached hydrogen (secondary N) is 1. The molecule has 3 fully saturated rings. The fourth-order valence-electron chi connectivity index (χ4n) is 6.26. The lowest BCUT2D eigenvalue weighted by Crippen LogP contribution is -2.29. The zero-order valence-electron chi connectivity index (χ0n) is 23.8. The number of anilines is 1. The molecule has 0 amide bonds. The normalized spacial score (nSPS) is 22.5. The van der Waals surface area contributed by atoms with Crippen LogP contribution in [0.15, 0.2) is 42.7 Å². The summed E-state index contributed by atoms with van der Waals surface area (Å²) >= 11 is 12.7. The number of halogens is 2. The highest BCUT2D eigenvalue weighted by Crippen LogP contribution is 2.53. The summed E-state index contributed by atoms with van der Waals surface area (Å²) in [4.78, 5) is 30.9. The molecule has 42 heavy (non-hydrogen) atoms. The first kappa shape index (κ1) is 29.1. The van der Waals surface area contributed by atoms with E-state index in [1.165, 1.54) is 0 Å². The maximum Gasteiger partial charge on any atom is 0.309 e. The van der Waals surface area contributed by atoms with Gasteiger partial charge in [0.05, 0.1) is 30.6 Å². The molecule has 3 aliphatic rings. The Morgan fingerprint density at radius 3 is 2.43 bits per heavy atom. The van der Waals surface area contributed by atoms with Crippen molar-refractivity contribution in [1.29, 1.82) is 0 Å². The van der Waals surface area contributed by atoms with E-state index in [0.29, 0.717) is 46.1 Å². The fraction of sp³-hybridized carbons (Fsp3) is 0.484. The van der Waals surface area contributed by atoms with Gasteiger partial charge >= 0.3 is 5.97 Å². The van der Waals surface area contributed by atoms with Crippen LogP contribution in [-0.2, 0) is 16.1 Å². The Hall–Kier alpha value is -2.98. The molecule has 3 aromatic rings. The van der Waals surface area contributed by atoms with Crippen molar-refractivity contribution in [3.63, 3.8) is 0 Å². The third-order valence-electron chi connectivity index (χ3n) is 8.33. The summed E-state index contributed by atoms with van der Waals surface area (Å²) in [5.74, 6) is 2.59. The first-order valence-electron chi connectivity index (χ1n) is 14.8. The third-order valence-corrected chi connectivity index (χ3v) is 8.77. The molecule has 2 aromatic heterocycles. The number of benzene rings is 1. The Labute approximate surface area is 256 Å². The predicted molar refractivity (Wildman–Crippen MR) is 163 cm³/mol. The van der Waals surface area contributed by atoms with E-state index in [4.69, 9.17) is 37.7 Å². The van der Waals surface area contributed by atoms with Crippen molar-refractivity contribution in [2.75, 3.05) is 50.8 Å². The predicted octanol–water partition coefficient (Wildman–Crippen LogP) is 5.46. The summed E-state index contributed by atoms with van der Waals surface area (Å²) in [5, 5.41) is 4.49. The van der Waals surface area contributed by atoms with E-state index >= 15 is 0 Å². The first-order valence-corrected chi connectivity index (χ1v) is 15.5. The third kappa shape index (κ3) is 6.97. The number of fused-ring (bicyclic) bond motifs is 1. The van der Waals surface area contributed by atoms with Crippen molar-refractivity contribution in [2.24, 2.45) is 17.8 Å². The molecule has 1 aromatic carbocycles. The van der Waals surface area contributed by atoms with Crippen molar-refractivity contribution in [1.82, 2.24) is 25.2 Å². The SMILES string of the molecule is CCOC(=O)C1[C@H]2CCN(Cc3cc(Oc4cnc(N5CCCNCC5)nc4)nc(-c4cc(Cl)cc(Cl)c4)c3)CC[C@@H]12. The molecular formula is C31H36Cl2N6O3. The minimum absolute atomic E-state index is 0.0258. The largest absolute Gasteiger partial charge is 0.466 e. The van der Waals surface area contributed by atoms with Gasteiger partial charge < -0.3 is 19.7 Å². The van der Waals surface area contributed by atoms with Gasteiger partial charge in [-0.15, -0.1) is 0 Å². The average Bonchev–Trinajstić information content (AvgIpc) is 3.75. The first-order chi connectivity index (χ1) is 20.5. The van der Waals surface area contributed by atoms with Gasteiger partial charge in [0.2, 0.25) is 11.8 Å². The van der Waals surface area contributed by atoms with Crippen LogP contribution < -0.4 is 15.0 Å². The quantitative estimate of drug-likeness (QED) is 0.334. The molecular weight excluding hydrogens is 575 g/mol. The number of pyridine rings is 1. The number of hydrogen-bond acceptors (Lipinski definition) is 9. The molecule has 0 radical (unpaired) electrons. The van der Waals surface area contributed by atoms with Gasteiger partial charge in [0.25, 0.3) is 0 Å². The van der Waals surface area contributed by atoms with Crippen LogP contribution in [0.5, 0.6) is 11.6 Å². The Balaban J connectivity index is 1.19. The lowest BCUT2D eigenvalue weighted by molar-refractivity contribution is -0.145. The topological polar surface area (TPSA) is 92.7 Å². The molecule has 9 nitrogen and oxygen atoms in total. The number of carbonyl (C=O) groups is 1. The molecule has 0 spiro atoms. The standard InChI is InChI=1S/C31H36Cl2N6O3/c1-2-41-30(40)29-25-4-9-38(10-5-26(25)29)19-20-12-27(21-14-22(32)16-23(33)15-21)37-28(13-20)42-24-17-35-31(36-18-24)39-8-3-6-34-7-11-39/h12-18,25-26,29,34H,2-11,19H2,1H3/t25-,26+,29?. The Kier molecular flexibility index (Phi) is 9.09. The molecule has 3 atom stereocenters. The van der Waals surface area contributed by atoms with Crippen LogP contribution in [0, 0.1) is 17.8 Å². The van der Waals surface area contributed by atoms with Crippen molar-refractivity contribution in [3.8, 4) is 22.9 Å². The molecule has 2 aliphatic heterocycles. The van der Waals surface area contributed by atoms with Crippen molar-refractivity contribution in [3.05, 3.63) is 58.3 Å². The maximum atomic E-state index is 12.3. The van der Waals surface area contributed by atoms with E-state index in [-0.39, 0.29) is 11.9 Å². The molecule has 1 N–H and O–H groups in total. The van der Waals surface area contributed by atoms with Crippen LogP contribution in [0.4, 0.5) is 5.95 Å². The summed E-state index contributed by atoms with van der Waals surface area (Å²) in [6, 6.07) is 9.45. The zero-order valence-corrected chi connectivity index (χ0v) is 25.3. The summed E-state index contributed by atoms with van der Waals surface area (Å²) in [6.45, 7) is 8.62. The van der Waals surface area contributed by atoms with Gasteiger partial charge in [-0.1, -0.05) is 23.2 Å². The molecule has 1 aliphatic carbocycles. The van der Waals surface area contributed by atoms with Crippen LogP contribution in [0.1, 0.15) is 31.7 Å². The minimum Gasteiger partial charge on any atom is -0.466 e. The van der Waals surface area contributed by atoms with E-state index < -0.39 is 0 Å². The Morgan fingerprint density at radius 1 is 0.976 bits per heavy atom. The molecule has 6 rings (SSSR count). The smallest absolute Gasteiger partial charge is 0.309 e. The van der Waals surface area contributed by atoms with Gasteiger partial charge in [0.15, 0.2) is 5.75 Å². The van der Waals surface area contributed by atoms with Gasteiger partial charge in [-0.2, -0.15) is 0 Å². The lowest BCUT2D eigenvalue weighted by Gasteiger charge is -2.22. The van der Waals surface area contributed by atoms with Crippen LogP contribution in [0.3, 0.4) is 0 Å². The molecule has 1 saturated carbocycles. The van der Waals surface area contributed by atoms with Crippen LogP contribution >= 0.6 is 23.2 Å². The van der Waals surface area contributed by atoms with E-state index in [9.17, 15) is 4.79 Å². The number of likely N-dealkylation sites (tertiary alicyclic amines) is 1. The molecule has 222 valence electrons.